The summed E-state index contributed by atoms with van der Waals surface area (Å²) in [5.41, 5.74) is 13.0. The zero-order valence-corrected chi connectivity index (χ0v) is 49.7. The summed E-state index contributed by atoms with van der Waals surface area (Å²) in [5, 5.41) is 66.2. The van der Waals surface area contributed by atoms with E-state index in [9.17, 15) is 0 Å². The smallest absolute Gasteiger partial charge is 0.270 e. The zero-order valence-electron chi connectivity index (χ0n) is 49.7. The number of hydrogen-bond donors (Lipinski definition) is 0. The Balaban J connectivity index is 0.000000112. The van der Waals surface area contributed by atoms with E-state index in [4.69, 9.17) is 17.7 Å². The summed E-state index contributed by atoms with van der Waals surface area (Å²) in [5.74, 6) is 3.33. The van der Waals surface area contributed by atoms with E-state index in [0.29, 0.717) is 69.9 Å². The lowest BCUT2D eigenvalue weighted by Gasteiger charge is -2.01. The molecule has 0 amide bonds. The molecule has 0 aliphatic rings. The highest BCUT2D eigenvalue weighted by molar-refractivity contribution is 5.61. The fraction of sp³-hybridized carbons (Fsp3) is 0.0588. The molecular formula is C68H52N20O4. The predicted octanol–water partition coefficient (Wildman–Crippen LogP) is 13.2. The molecule has 0 aliphatic heterocycles. The van der Waals surface area contributed by atoms with Crippen LogP contribution in [0.15, 0.2) is 260 Å². The van der Waals surface area contributed by atoms with Crippen molar-refractivity contribution in [2.45, 2.75) is 27.7 Å². The van der Waals surface area contributed by atoms with Gasteiger partial charge in [0.1, 0.15) is 0 Å². The Morgan fingerprint density at radius 2 is 0.359 bits per heavy atom. The molecule has 24 heteroatoms. The molecule has 24 nitrogen and oxygen atoms in total. The topological polar surface area (TPSA) is 279 Å². The summed E-state index contributed by atoms with van der Waals surface area (Å²) >= 11 is 0. The van der Waals surface area contributed by atoms with E-state index in [1.807, 2.05) is 270 Å². The van der Waals surface area contributed by atoms with Gasteiger partial charge in [-0.1, -0.05) is 166 Å². The number of aromatic nitrogens is 20. The van der Waals surface area contributed by atoms with Gasteiger partial charge < -0.3 is 17.7 Å². The van der Waals surface area contributed by atoms with Crippen LogP contribution in [0.4, 0.5) is 0 Å². The molecule has 0 spiro atoms. The van der Waals surface area contributed by atoms with Gasteiger partial charge >= 0.3 is 0 Å². The quantitative estimate of drug-likeness (QED) is 0.110. The maximum atomic E-state index is 5.75. The van der Waals surface area contributed by atoms with E-state index in [-0.39, 0.29) is 0 Å². The Morgan fingerprint density at radius 1 is 0.196 bits per heavy atom. The molecular weight excluding hydrogens is 1160 g/mol. The van der Waals surface area contributed by atoms with Gasteiger partial charge in [0.2, 0.25) is 23.6 Å². The van der Waals surface area contributed by atoms with Gasteiger partial charge in [-0.25, -0.2) is 18.7 Å². The lowest BCUT2D eigenvalue weighted by atomic mass is 10.2. The van der Waals surface area contributed by atoms with Crippen LogP contribution in [0.3, 0.4) is 0 Å². The number of rotatable bonds is 12. The molecule has 8 heterocycles. The van der Waals surface area contributed by atoms with Gasteiger partial charge in [0.25, 0.3) is 23.6 Å². The van der Waals surface area contributed by atoms with Crippen molar-refractivity contribution in [2.75, 3.05) is 0 Å². The van der Waals surface area contributed by atoms with E-state index < -0.39 is 0 Å². The van der Waals surface area contributed by atoms with Gasteiger partial charge in [-0.2, -0.15) is 0 Å². The Morgan fingerprint density at radius 3 is 0.543 bits per heavy atom. The summed E-state index contributed by atoms with van der Waals surface area (Å²) in [6.45, 7) is 7.70. The Labute approximate surface area is 524 Å². The van der Waals surface area contributed by atoms with Crippen molar-refractivity contribution in [3.05, 3.63) is 265 Å². The maximum absolute atomic E-state index is 5.75. The molecule has 8 aromatic carbocycles. The standard InChI is InChI=1S/4C17H13N5O/c4*1-12-15(18-21-22(12)14-10-6-3-7-11-14)17-20-19-16(23-17)13-8-4-2-5-9-13/h4*2-11H,1H3. The predicted molar refractivity (Wildman–Crippen MR) is 339 cm³/mol. The van der Waals surface area contributed by atoms with Crippen LogP contribution in [0.25, 0.3) is 115 Å². The number of hydrogen-bond acceptors (Lipinski definition) is 20. The largest absolute Gasteiger partial charge is 0.414 e. The fourth-order valence-corrected chi connectivity index (χ4v) is 9.43. The highest BCUT2D eigenvalue weighted by atomic mass is 16.4. The summed E-state index contributed by atoms with van der Waals surface area (Å²) in [6, 6.07) is 77.8. The number of para-hydroxylation sites is 4. The Bertz CT molecular complexity index is 4340. The van der Waals surface area contributed by atoms with E-state index >= 15 is 0 Å². The van der Waals surface area contributed by atoms with Crippen molar-refractivity contribution >= 4 is 0 Å². The molecule has 16 rings (SSSR count). The SMILES string of the molecule is Cc1c(-c2nnc(-c3ccccc3)o2)nnn1-c1ccccc1.Cc1c(-c2nnc(-c3ccccc3)o2)nnn1-c1ccccc1.Cc1c(-c2nnc(-c3ccccc3)o2)nnn1-c1ccccc1.Cc1c(-c2nnc(-c3ccccc3)o2)nnn1-c1ccccc1. The summed E-state index contributed by atoms with van der Waals surface area (Å²) in [6.07, 6.45) is 0. The fourth-order valence-electron chi connectivity index (χ4n) is 9.43. The Kier molecular flexibility index (Phi) is 16.9. The normalized spacial score (nSPS) is 10.8. The highest BCUT2D eigenvalue weighted by Crippen LogP contribution is 2.30. The van der Waals surface area contributed by atoms with Gasteiger partial charge in [0, 0.05) is 22.3 Å². The van der Waals surface area contributed by atoms with Crippen molar-refractivity contribution in [2.24, 2.45) is 0 Å². The van der Waals surface area contributed by atoms with Crippen LogP contribution in [0.5, 0.6) is 0 Å². The first kappa shape index (κ1) is 57.9. The van der Waals surface area contributed by atoms with Gasteiger partial charge in [-0.3, -0.25) is 0 Å². The molecule has 0 aliphatic carbocycles. The van der Waals surface area contributed by atoms with Gasteiger partial charge in [0.15, 0.2) is 22.8 Å². The van der Waals surface area contributed by atoms with Crippen LogP contribution >= 0.6 is 0 Å². The summed E-state index contributed by atoms with van der Waals surface area (Å²) in [7, 11) is 0. The molecule has 0 radical (unpaired) electrons. The molecule has 0 N–H and O–H groups in total. The van der Waals surface area contributed by atoms with Crippen LogP contribution in [0, 0.1) is 27.7 Å². The molecule has 448 valence electrons. The third kappa shape index (κ3) is 12.7. The zero-order chi connectivity index (χ0) is 62.6. The molecule has 0 fully saturated rings. The van der Waals surface area contributed by atoms with E-state index in [2.05, 4.69) is 82.0 Å². The molecule has 0 saturated heterocycles. The van der Waals surface area contributed by atoms with Crippen molar-refractivity contribution in [1.82, 2.24) is 101 Å². The van der Waals surface area contributed by atoms with Gasteiger partial charge in [-0.05, 0) is 125 Å². The molecule has 16 aromatic rings. The summed E-state index contributed by atoms with van der Waals surface area (Å²) in [4.78, 5) is 0. The first-order valence-corrected chi connectivity index (χ1v) is 28.8. The third-order valence-electron chi connectivity index (χ3n) is 14.2. The minimum Gasteiger partial charge on any atom is -0.414 e. The lowest BCUT2D eigenvalue weighted by Crippen LogP contribution is -1.98. The van der Waals surface area contributed by atoms with Crippen molar-refractivity contribution in [1.29, 1.82) is 0 Å². The molecule has 0 atom stereocenters. The average Bonchev–Trinajstić information content (AvgIpc) is 1.95. The highest BCUT2D eigenvalue weighted by Gasteiger charge is 2.23. The number of nitrogens with zero attached hydrogens (tertiary/aromatic N) is 20. The molecule has 0 bridgehead atoms. The molecule has 8 aromatic heterocycles. The monoisotopic (exact) mass is 1210 g/mol. The van der Waals surface area contributed by atoms with Crippen LogP contribution in [-0.2, 0) is 0 Å². The second-order valence-electron chi connectivity index (χ2n) is 20.2. The average molecular weight is 1210 g/mol. The van der Waals surface area contributed by atoms with E-state index in [1.165, 1.54) is 0 Å². The van der Waals surface area contributed by atoms with Crippen molar-refractivity contribution in [3.63, 3.8) is 0 Å². The molecule has 0 unspecified atom stereocenters. The second kappa shape index (κ2) is 26.9. The molecule has 0 saturated carbocycles. The van der Waals surface area contributed by atoms with E-state index in [0.717, 1.165) is 67.8 Å². The maximum Gasteiger partial charge on any atom is 0.270 e. The first-order valence-electron chi connectivity index (χ1n) is 28.8. The van der Waals surface area contributed by atoms with Crippen LogP contribution in [-0.4, -0.2) is 101 Å². The number of benzene rings is 8. The van der Waals surface area contributed by atoms with Gasteiger partial charge in [-0.15, -0.1) is 61.2 Å². The minimum absolute atomic E-state index is 0.364. The first-order chi connectivity index (χ1) is 45.3. The van der Waals surface area contributed by atoms with Crippen molar-refractivity contribution in [3.8, 4) is 115 Å². The Hall–Kier alpha value is -13.1. The second-order valence-corrected chi connectivity index (χ2v) is 20.2. The third-order valence-corrected chi connectivity index (χ3v) is 14.2. The lowest BCUT2D eigenvalue weighted by molar-refractivity contribution is 0.581. The summed E-state index contributed by atoms with van der Waals surface area (Å²) < 4.78 is 30.0. The van der Waals surface area contributed by atoms with E-state index in [1.54, 1.807) is 18.7 Å². The van der Waals surface area contributed by atoms with Crippen LogP contribution < -0.4 is 0 Å². The van der Waals surface area contributed by atoms with Crippen LogP contribution in [0.1, 0.15) is 22.8 Å². The molecule has 92 heavy (non-hydrogen) atoms. The minimum atomic E-state index is 0.364. The van der Waals surface area contributed by atoms with Gasteiger partial charge in [0.05, 0.1) is 45.5 Å². The van der Waals surface area contributed by atoms with Crippen molar-refractivity contribution < 1.29 is 17.7 Å². The van der Waals surface area contributed by atoms with Crippen LogP contribution in [0.2, 0.25) is 0 Å².